The van der Waals surface area contributed by atoms with Gasteiger partial charge in [-0.3, -0.25) is 9.59 Å². The average Bonchev–Trinajstić information content (AvgIpc) is 3.02. The van der Waals surface area contributed by atoms with Crippen molar-refractivity contribution in [1.29, 1.82) is 0 Å². The predicted molar refractivity (Wildman–Crippen MR) is 113 cm³/mol. The van der Waals surface area contributed by atoms with Crippen molar-refractivity contribution < 1.29 is 22.7 Å². The quantitative estimate of drug-likeness (QED) is 0.454. The SMILES string of the molecule is CCOC(=O)CCCCC(NS(=O)(=O)c1ccc(C)cc1)C(=O)n1nc(C)cc1C. The number of hydrogen-bond donors (Lipinski definition) is 1. The third kappa shape index (κ3) is 6.50. The van der Waals surface area contributed by atoms with Crippen LogP contribution in [0, 0.1) is 20.8 Å². The van der Waals surface area contributed by atoms with E-state index in [0.717, 1.165) is 5.56 Å². The number of rotatable bonds is 10. The number of unbranched alkanes of at least 4 members (excludes halogenated alkanes) is 1. The Labute approximate surface area is 177 Å². The largest absolute Gasteiger partial charge is 0.466 e. The third-order valence-corrected chi connectivity index (χ3v) is 6.06. The van der Waals surface area contributed by atoms with Crippen LogP contribution >= 0.6 is 0 Å². The molecule has 9 heteroatoms. The minimum absolute atomic E-state index is 0.0887. The van der Waals surface area contributed by atoms with Gasteiger partial charge in [-0.1, -0.05) is 24.1 Å². The minimum atomic E-state index is -3.90. The molecule has 0 bridgehead atoms. The van der Waals surface area contributed by atoms with E-state index < -0.39 is 22.0 Å². The molecule has 0 aliphatic carbocycles. The molecule has 2 rings (SSSR count). The number of esters is 1. The van der Waals surface area contributed by atoms with Gasteiger partial charge in [0.15, 0.2) is 0 Å². The maximum absolute atomic E-state index is 13.1. The van der Waals surface area contributed by atoms with E-state index in [1.54, 1.807) is 39.0 Å². The van der Waals surface area contributed by atoms with Crippen molar-refractivity contribution in [3.63, 3.8) is 0 Å². The number of nitrogens with one attached hydrogen (secondary N) is 1. The summed E-state index contributed by atoms with van der Waals surface area (Å²) in [7, 11) is -3.90. The monoisotopic (exact) mass is 435 g/mol. The molecule has 0 fully saturated rings. The second-order valence-corrected chi connectivity index (χ2v) is 8.93. The Kier molecular flexibility index (Phi) is 8.31. The van der Waals surface area contributed by atoms with Crippen LogP contribution in [0.3, 0.4) is 0 Å². The van der Waals surface area contributed by atoms with Gasteiger partial charge in [0.1, 0.15) is 6.04 Å². The predicted octanol–water partition coefficient (Wildman–Crippen LogP) is 2.92. The van der Waals surface area contributed by atoms with Crippen LogP contribution in [0.25, 0.3) is 0 Å². The van der Waals surface area contributed by atoms with Gasteiger partial charge in [0, 0.05) is 12.1 Å². The average molecular weight is 436 g/mol. The summed E-state index contributed by atoms with van der Waals surface area (Å²) in [6.45, 7) is 7.42. The molecule has 0 aliphatic heterocycles. The summed E-state index contributed by atoms with van der Waals surface area (Å²) in [5, 5.41) is 4.18. The van der Waals surface area contributed by atoms with Crippen LogP contribution in [0.5, 0.6) is 0 Å². The highest BCUT2D eigenvalue weighted by molar-refractivity contribution is 7.89. The van der Waals surface area contributed by atoms with Crippen molar-refractivity contribution in [2.45, 2.75) is 64.3 Å². The molecule has 1 atom stereocenters. The number of benzene rings is 1. The van der Waals surface area contributed by atoms with E-state index in [4.69, 9.17) is 4.74 Å². The lowest BCUT2D eigenvalue weighted by Crippen LogP contribution is -2.43. The molecule has 2 aromatic rings. The second-order valence-electron chi connectivity index (χ2n) is 7.21. The number of sulfonamides is 1. The van der Waals surface area contributed by atoms with Gasteiger partial charge in [0.05, 0.1) is 17.2 Å². The molecule has 1 heterocycles. The molecule has 1 unspecified atom stereocenters. The lowest BCUT2D eigenvalue weighted by molar-refractivity contribution is -0.143. The van der Waals surface area contributed by atoms with E-state index in [1.807, 2.05) is 6.92 Å². The van der Waals surface area contributed by atoms with Crippen LogP contribution in [0.4, 0.5) is 0 Å². The number of carbonyl (C=O) groups excluding carboxylic acids is 2. The first-order chi connectivity index (χ1) is 14.1. The van der Waals surface area contributed by atoms with Gasteiger partial charge in [-0.05, 0) is 58.7 Å². The van der Waals surface area contributed by atoms with Crippen molar-refractivity contribution in [2.24, 2.45) is 0 Å². The first-order valence-electron chi connectivity index (χ1n) is 9.96. The maximum Gasteiger partial charge on any atom is 0.305 e. The standard InChI is InChI=1S/C21H29N3O5S/c1-5-29-20(25)9-7-6-8-19(21(26)24-17(4)14-16(3)22-24)23-30(27,28)18-12-10-15(2)11-13-18/h10-14,19,23H,5-9H2,1-4H3. The highest BCUT2D eigenvalue weighted by Crippen LogP contribution is 2.15. The summed E-state index contributed by atoms with van der Waals surface area (Å²) in [6, 6.07) is 7.16. The number of nitrogens with zero attached hydrogens (tertiary/aromatic N) is 2. The van der Waals surface area contributed by atoms with Gasteiger partial charge in [0.2, 0.25) is 10.0 Å². The Bertz CT molecular complexity index is 981. The molecule has 0 saturated heterocycles. The van der Waals surface area contributed by atoms with Crippen LogP contribution in [0.1, 0.15) is 54.4 Å². The molecule has 0 amide bonds. The van der Waals surface area contributed by atoms with Gasteiger partial charge in [-0.2, -0.15) is 9.82 Å². The van der Waals surface area contributed by atoms with Gasteiger partial charge in [-0.15, -0.1) is 0 Å². The number of aromatic nitrogens is 2. The maximum atomic E-state index is 13.1. The second kappa shape index (κ2) is 10.5. The smallest absolute Gasteiger partial charge is 0.305 e. The fraction of sp³-hybridized carbons (Fsp3) is 0.476. The first-order valence-corrected chi connectivity index (χ1v) is 11.4. The van der Waals surface area contributed by atoms with Crippen LogP contribution in [-0.4, -0.2) is 42.7 Å². The number of carbonyl (C=O) groups is 2. The highest BCUT2D eigenvalue weighted by atomic mass is 32.2. The molecular weight excluding hydrogens is 406 g/mol. The fourth-order valence-corrected chi connectivity index (χ4v) is 4.28. The van der Waals surface area contributed by atoms with Crippen LogP contribution in [0.2, 0.25) is 0 Å². The van der Waals surface area contributed by atoms with Gasteiger partial charge < -0.3 is 4.74 Å². The Morgan fingerprint density at radius 2 is 1.80 bits per heavy atom. The molecule has 1 aromatic carbocycles. The van der Waals surface area contributed by atoms with Crippen LogP contribution < -0.4 is 4.72 Å². The minimum Gasteiger partial charge on any atom is -0.466 e. The molecule has 8 nitrogen and oxygen atoms in total. The third-order valence-electron chi connectivity index (χ3n) is 4.57. The summed E-state index contributed by atoms with van der Waals surface area (Å²) in [4.78, 5) is 24.7. The van der Waals surface area contributed by atoms with E-state index >= 15 is 0 Å². The Balaban J connectivity index is 2.17. The van der Waals surface area contributed by atoms with Gasteiger partial charge >= 0.3 is 5.97 Å². The molecule has 0 aliphatic rings. The highest BCUT2D eigenvalue weighted by Gasteiger charge is 2.28. The van der Waals surface area contributed by atoms with Crippen molar-refractivity contribution >= 4 is 21.9 Å². The summed E-state index contributed by atoms with van der Waals surface area (Å²) >= 11 is 0. The van der Waals surface area contributed by atoms with E-state index in [0.29, 0.717) is 30.8 Å². The Hall–Kier alpha value is -2.52. The molecule has 1 aromatic heterocycles. The summed E-state index contributed by atoms with van der Waals surface area (Å²) in [5.74, 6) is -0.758. The van der Waals surface area contributed by atoms with E-state index in [1.165, 1.54) is 16.8 Å². The van der Waals surface area contributed by atoms with Crippen molar-refractivity contribution in [1.82, 2.24) is 14.5 Å². The van der Waals surface area contributed by atoms with Crippen LogP contribution in [0.15, 0.2) is 35.2 Å². The molecule has 164 valence electrons. The molecule has 30 heavy (non-hydrogen) atoms. The van der Waals surface area contributed by atoms with Crippen molar-refractivity contribution in [2.75, 3.05) is 6.61 Å². The fourth-order valence-electron chi connectivity index (χ4n) is 3.06. The number of ether oxygens (including phenoxy) is 1. The van der Waals surface area contributed by atoms with E-state index in [2.05, 4.69) is 9.82 Å². The summed E-state index contributed by atoms with van der Waals surface area (Å²) < 4.78 is 34.3. The van der Waals surface area contributed by atoms with E-state index in [-0.39, 0.29) is 23.7 Å². The Morgan fingerprint density at radius 1 is 1.13 bits per heavy atom. The van der Waals surface area contributed by atoms with E-state index in [9.17, 15) is 18.0 Å². The molecule has 0 saturated carbocycles. The number of hydrogen-bond acceptors (Lipinski definition) is 6. The zero-order chi connectivity index (χ0) is 22.3. The van der Waals surface area contributed by atoms with Gasteiger partial charge in [0.25, 0.3) is 5.91 Å². The van der Waals surface area contributed by atoms with Crippen LogP contribution in [-0.2, 0) is 19.6 Å². The topological polar surface area (TPSA) is 107 Å². The molecule has 0 radical (unpaired) electrons. The number of aryl methyl sites for hydroxylation is 3. The van der Waals surface area contributed by atoms with Gasteiger partial charge in [-0.25, -0.2) is 13.1 Å². The molecule has 1 N–H and O–H groups in total. The Morgan fingerprint density at radius 3 is 2.37 bits per heavy atom. The lowest BCUT2D eigenvalue weighted by Gasteiger charge is -2.18. The van der Waals surface area contributed by atoms with Crippen molar-refractivity contribution in [3.05, 3.63) is 47.3 Å². The first kappa shape index (κ1) is 23.8. The lowest BCUT2D eigenvalue weighted by atomic mass is 10.1. The molecular formula is C21H29N3O5S. The molecule has 0 spiro atoms. The van der Waals surface area contributed by atoms with Crippen molar-refractivity contribution in [3.8, 4) is 0 Å². The zero-order valence-electron chi connectivity index (χ0n) is 17.8. The summed E-state index contributed by atoms with van der Waals surface area (Å²) in [5.41, 5.74) is 2.23. The summed E-state index contributed by atoms with van der Waals surface area (Å²) in [6.07, 6.45) is 1.43. The normalized spacial score (nSPS) is 12.5. The zero-order valence-corrected chi connectivity index (χ0v) is 18.7.